The minimum atomic E-state index is -4.63. The van der Waals surface area contributed by atoms with Crippen LogP contribution < -0.4 is 5.32 Å². The van der Waals surface area contributed by atoms with Gasteiger partial charge in [-0.1, -0.05) is 47.5 Å². The van der Waals surface area contributed by atoms with Crippen LogP contribution in [0.5, 0.6) is 0 Å². The molecule has 6 nitrogen and oxygen atoms in total. The second-order valence-electron chi connectivity index (χ2n) is 8.37. The van der Waals surface area contributed by atoms with Crippen molar-refractivity contribution in [1.82, 2.24) is 15.3 Å². The number of nitrogens with zero attached hydrogens (tertiary/aromatic N) is 2. The maximum Gasteiger partial charge on any atom is 0.418 e. The number of rotatable bonds is 6. The van der Waals surface area contributed by atoms with Crippen molar-refractivity contribution in [2.24, 2.45) is 0 Å². The predicted octanol–water partition coefficient (Wildman–Crippen LogP) is 6.44. The molecule has 0 unspecified atom stereocenters. The van der Waals surface area contributed by atoms with Crippen LogP contribution >= 0.6 is 23.2 Å². The monoisotopic (exact) mass is 561 g/mol. The molecule has 38 heavy (non-hydrogen) atoms. The molecule has 2 aromatic carbocycles. The van der Waals surface area contributed by atoms with Gasteiger partial charge in [0, 0.05) is 29.3 Å². The van der Waals surface area contributed by atoms with E-state index in [9.17, 15) is 22.8 Å². The summed E-state index contributed by atoms with van der Waals surface area (Å²) < 4.78 is 46.3. The maximum absolute atomic E-state index is 13.8. The quantitative estimate of drug-likeness (QED) is 0.274. The van der Waals surface area contributed by atoms with Crippen molar-refractivity contribution in [3.63, 3.8) is 0 Å². The molecule has 4 aromatic rings. The van der Waals surface area contributed by atoms with E-state index < -0.39 is 29.7 Å². The van der Waals surface area contributed by atoms with Crippen molar-refractivity contribution in [2.45, 2.75) is 25.6 Å². The average Bonchev–Trinajstić information content (AvgIpc) is 2.87. The van der Waals surface area contributed by atoms with E-state index in [0.29, 0.717) is 16.6 Å². The van der Waals surface area contributed by atoms with Gasteiger partial charge in [0.25, 0.3) is 5.91 Å². The van der Waals surface area contributed by atoms with Crippen molar-refractivity contribution < 1.29 is 27.5 Å². The fourth-order valence-electron chi connectivity index (χ4n) is 4.09. The van der Waals surface area contributed by atoms with Gasteiger partial charge in [0.2, 0.25) is 0 Å². The number of esters is 1. The molecule has 0 radical (unpaired) electrons. The van der Waals surface area contributed by atoms with E-state index in [-0.39, 0.29) is 38.8 Å². The van der Waals surface area contributed by atoms with Crippen molar-refractivity contribution in [1.29, 1.82) is 0 Å². The van der Waals surface area contributed by atoms with Crippen LogP contribution in [-0.4, -0.2) is 35.0 Å². The van der Waals surface area contributed by atoms with Gasteiger partial charge in [0.1, 0.15) is 6.04 Å². The summed E-state index contributed by atoms with van der Waals surface area (Å²) in [5.41, 5.74) is 0.251. The summed E-state index contributed by atoms with van der Waals surface area (Å²) in [5.74, 6) is -1.42. The first-order valence-corrected chi connectivity index (χ1v) is 12.0. The summed E-state index contributed by atoms with van der Waals surface area (Å²) in [6, 6.07) is 12.0. The molecule has 0 fully saturated rings. The number of halogens is 5. The van der Waals surface area contributed by atoms with Gasteiger partial charge >= 0.3 is 12.1 Å². The number of carbonyl (C=O) groups is 2. The summed E-state index contributed by atoms with van der Waals surface area (Å²) in [5, 5.41) is 3.29. The van der Waals surface area contributed by atoms with Crippen molar-refractivity contribution in [2.75, 3.05) is 7.11 Å². The lowest BCUT2D eigenvalue weighted by Gasteiger charge is -2.19. The fraction of sp³-hybridized carbons (Fsp3) is 0.185. The number of pyridine rings is 2. The molecule has 1 amide bonds. The molecule has 0 saturated carbocycles. The van der Waals surface area contributed by atoms with Crippen LogP contribution in [0.15, 0.2) is 60.8 Å². The molecule has 0 bridgehead atoms. The van der Waals surface area contributed by atoms with Gasteiger partial charge in [-0.25, -0.2) is 4.79 Å². The highest BCUT2D eigenvalue weighted by molar-refractivity contribution is 6.39. The van der Waals surface area contributed by atoms with Crippen LogP contribution in [0.1, 0.15) is 27.2 Å². The van der Waals surface area contributed by atoms with E-state index in [4.69, 9.17) is 27.9 Å². The summed E-state index contributed by atoms with van der Waals surface area (Å²) in [6.45, 7) is 1.60. The van der Waals surface area contributed by atoms with Gasteiger partial charge in [0.05, 0.1) is 39.5 Å². The zero-order valence-electron chi connectivity index (χ0n) is 20.1. The highest BCUT2D eigenvalue weighted by atomic mass is 35.5. The molecule has 196 valence electrons. The number of carbonyl (C=O) groups excluding carboxylic acids is 2. The summed E-state index contributed by atoms with van der Waals surface area (Å²) in [4.78, 5) is 34.1. The third-order valence-electron chi connectivity index (χ3n) is 5.86. The Morgan fingerprint density at radius 1 is 1.03 bits per heavy atom. The number of hydrogen-bond acceptors (Lipinski definition) is 5. The lowest BCUT2D eigenvalue weighted by molar-refractivity contribution is -0.142. The maximum atomic E-state index is 13.8. The van der Waals surface area contributed by atoms with Crippen LogP contribution in [-0.2, 0) is 22.1 Å². The van der Waals surface area contributed by atoms with Crippen molar-refractivity contribution in [3.8, 4) is 11.3 Å². The van der Waals surface area contributed by atoms with Crippen LogP contribution in [0.2, 0.25) is 10.0 Å². The van der Waals surface area contributed by atoms with Crippen molar-refractivity contribution in [3.05, 3.63) is 93.2 Å². The van der Waals surface area contributed by atoms with E-state index >= 15 is 0 Å². The van der Waals surface area contributed by atoms with E-state index in [2.05, 4.69) is 15.3 Å². The first-order chi connectivity index (χ1) is 18.0. The normalized spacial score (nSPS) is 12.3. The molecule has 0 aliphatic heterocycles. The summed E-state index contributed by atoms with van der Waals surface area (Å²) in [7, 11) is 1.18. The molecule has 11 heteroatoms. The molecule has 2 heterocycles. The molecule has 0 aliphatic carbocycles. The minimum absolute atomic E-state index is 0.00295. The Morgan fingerprint density at radius 3 is 2.39 bits per heavy atom. The largest absolute Gasteiger partial charge is 0.467 e. The number of nitrogens with one attached hydrogen (secondary N) is 1. The number of alkyl halides is 3. The van der Waals surface area contributed by atoms with E-state index in [1.54, 1.807) is 31.2 Å². The van der Waals surface area contributed by atoms with Crippen LogP contribution in [0.25, 0.3) is 22.2 Å². The SMILES string of the molecule is COC(=O)[C@H](Cc1ccc(-c2nc(C)ccc2C(F)(F)F)c2ncccc12)NC(=O)c1c(Cl)cccc1Cl. The lowest BCUT2D eigenvalue weighted by Crippen LogP contribution is -2.43. The molecule has 0 saturated heterocycles. The zero-order valence-corrected chi connectivity index (χ0v) is 21.6. The third kappa shape index (κ3) is 5.58. The Bertz CT molecular complexity index is 1520. The molecule has 1 atom stereocenters. The van der Waals surface area contributed by atoms with Gasteiger partial charge in [-0.15, -0.1) is 0 Å². The number of ether oxygens (including phenoxy) is 1. The Hall–Kier alpha value is -3.69. The number of aryl methyl sites for hydroxylation is 1. The second-order valence-corrected chi connectivity index (χ2v) is 9.18. The molecule has 0 aliphatic rings. The predicted molar refractivity (Wildman–Crippen MR) is 138 cm³/mol. The molecular weight excluding hydrogens is 542 g/mol. The summed E-state index contributed by atoms with van der Waals surface area (Å²) in [6.07, 6.45) is -3.22. The second kappa shape index (κ2) is 11.0. The minimum Gasteiger partial charge on any atom is -0.467 e. The first kappa shape index (κ1) is 27.3. The van der Waals surface area contributed by atoms with E-state index in [0.717, 1.165) is 6.07 Å². The standard InChI is InChI=1S/C27H20Cl2F3N3O3/c1-14-8-11-18(27(30,31)32)24(34-14)17-10-9-15(16-5-4-12-33-23(16)17)13-21(26(37)38-2)35-25(36)22-19(28)6-3-7-20(22)29/h3-12,21H,13H2,1-2H3,(H,35,36)/t21-/m0/s1. The topological polar surface area (TPSA) is 81.2 Å². The van der Waals surface area contributed by atoms with Crippen molar-refractivity contribution >= 4 is 46.0 Å². The summed E-state index contributed by atoms with van der Waals surface area (Å²) >= 11 is 12.3. The average molecular weight is 562 g/mol. The highest BCUT2D eigenvalue weighted by Crippen LogP contribution is 2.39. The number of fused-ring (bicyclic) bond motifs is 1. The fourth-order valence-corrected chi connectivity index (χ4v) is 4.66. The molecule has 1 N–H and O–H groups in total. The smallest absolute Gasteiger partial charge is 0.418 e. The molecule has 0 spiro atoms. The van der Waals surface area contributed by atoms with E-state index in [1.165, 1.54) is 37.6 Å². The lowest BCUT2D eigenvalue weighted by atomic mass is 9.95. The number of benzene rings is 2. The highest BCUT2D eigenvalue weighted by Gasteiger charge is 2.35. The number of amides is 1. The molecular formula is C27H20Cl2F3N3O3. The Labute approximate surface area is 225 Å². The van der Waals surface area contributed by atoms with Crippen LogP contribution in [0.4, 0.5) is 13.2 Å². The van der Waals surface area contributed by atoms with Crippen LogP contribution in [0, 0.1) is 6.92 Å². The van der Waals surface area contributed by atoms with Crippen LogP contribution in [0.3, 0.4) is 0 Å². The number of aromatic nitrogens is 2. The molecule has 2 aromatic heterocycles. The van der Waals surface area contributed by atoms with Gasteiger partial charge in [0.15, 0.2) is 0 Å². The Balaban J connectivity index is 1.77. The van der Waals surface area contributed by atoms with Gasteiger partial charge in [-0.05, 0) is 42.8 Å². The first-order valence-electron chi connectivity index (χ1n) is 11.3. The number of methoxy groups -OCH3 is 1. The third-order valence-corrected chi connectivity index (χ3v) is 6.49. The molecule has 4 rings (SSSR count). The van der Waals surface area contributed by atoms with Gasteiger partial charge < -0.3 is 10.1 Å². The Kier molecular flexibility index (Phi) is 7.89. The zero-order chi connectivity index (χ0) is 27.6. The van der Waals surface area contributed by atoms with Gasteiger partial charge in [-0.3, -0.25) is 14.8 Å². The Morgan fingerprint density at radius 2 is 1.74 bits per heavy atom. The van der Waals surface area contributed by atoms with Gasteiger partial charge in [-0.2, -0.15) is 13.2 Å². The van der Waals surface area contributed by atoms with E-state index in [1.807, 2.05) is 0 Å². The number of hydrogen-bond donors (Lipinski definition) is 1.